The lowest BCUT2D eigenvalue weighted by Crippen LogP contribution is -2.30. The number of hydrogen-bond acceptors (Lipinski definition) is 6. The minimum absolute atomic E-state index is 0.197. The third kappa shape index (κ3) is 8.80. The minimum atomic E-state index is -0.770. The monoisotopic (exact) mass is 667 g/mol. The summed E-state index contributed by atoms with van der Waals surface area (Å²) in [5.74, 6) is 1.46. The third-order valence-electron chi connectivity index (χ3n) is 8.93. The summed E-state index contributed by atoms with van der Waals surface area (Å²) in [7, 11) is 1.70. The van der Waals surface area contributed by atoms with Crippen LogP contribution in [0, 0.1) is 0 Å². The molecule has 7 nitrogen and oxygen atoms in total. The normalized spacial score (nSPS) is 11.8. The number of aromatic amines is 1. The summed E-state index contributed by atoms with van der Waals surface area (Å²) in [5.41, 5.74) is 7.71. The summed E-state index contributed by atoms with van der Waals surface area (Å²) in [6.45, 7) is 4.57. The summed E-state index contributed by atoms with van der Waals surface area (Å²) < 4.78 is 11.6. The molecule has 1 atom stereocenters. The standard InChI is InChI=1S/C43H45N3O4/c1-3-4-27-50-41-23-20-36(37-21-24-42(48)45-43(37)41)39(47)30-46(29-32-11-7-5-8-12-32)26-25-31-15-17-34(18-16-31)44-35-19-22-40(49-2)38(28-35)33-13-9-6-10-14-33/h5-24,28,39,44,47H,3-4,25-27,29-30H2,1-2H3,(H,45,48). The molecule has 6 rings (SSSR count). The second-order valence-corrected chi connectivity index (χ2v) is 12.6. The molecule has 0 aliphatic carbocycles. The molecule has 0 bridgehead atoms. The number of fused-ring (bicyclic) bond motifs is 1. The van der Waals surface area contributed by atoms with Gasteiger partial charge in [-0.25, -0.2) is 0 Å². The fourth-order valence-corrected chi connectivity index (χ4v) is 6.24. The summed E-state index contributed by atoms with van der Waals surface area (Å²) in [4.78, 5) is 17.5. The van der Waals surface area contributed by atoms with Gasteiger partial charge in [0.15, 0.2) is 0 Å². The Hall–Kier alpha value is -5.37. The van der Waals surface area contributed by atoms with Crippen molar-refractivity contribution in [3.05, 3.63) is 154 Å². The first kappa shape index (κ1) is 34.5. The number of aliphatic hydroxyl groups is 1. The van der Waals surface area contributed by atoms with Crippen molar-refractivity contribution in [1.29, 1.82) is 0 Å². The van der Waals surface area contributed by atoms with E-state index >= 15 is 0 Å². The average molecular weight is 668 g/mol. The van der Waals surface area contributed by atoms with Crippen molar-refractivity contribution in [3.8, 4) is 22.6 Å². The molecule has 0 aliphatic heterocycles. The fourth-order valence-electron chi connectivity index (χ4n) is 6.24. The van der Waals surface area contributed by atoms with Gasteiger partial charge in [-0.05, 0) is 77.6 Å². The van der Waals surface area contributed by atoms with Crippen molar-refractivity contribution >= 4 is 22.3 Å². The first-order valence-electron chi connectivity index (χ1n) is 17.3. The van der Waals surface area contributed by atoms with E-state index in [1.54, 1.807) is 13.2 Å². The molecular weight excluding hydrogens is 622 g/mol. The van der Waals surface area contributed by atoms with E-state index in [-0.39, 0.29) is 5.56 Å². The van der Waals surface area contributed by atoms with Gasteiger partial charge in [-0.1, -0.05) is 92.2 Å². The quantitative estimate of drug-likeness (QED) is 0.0894. The summed E-state index contributed by atoms with van der Waals surface area (Å²) >= 11 is 0. The lowest BCUT2D eigenvalue weighted by atomic mass is 10.0. The third-order valence-corrected chi connectivity index (χ3v) is 8.93. The lowest BCUT2D eigenvalue weighted by Gasteiger charge is -2.26. The Morgan fingerprint density at radius 2 is 1.52 bits per heavy atom. The maximum Gasteiger partial charge on any atom is 0.248 e. The van der Waals surface area contributed by atoms with E-state index in [9.17, 15) is 9.90 Å². The SMILES string of the molecule is CCCCOc1ccc(C(O)CN(CCc2ccc(Nc3ccc(OC)c(-c4ccccc4)c3)cc2)Cc2ccccc2)c2ccc(=O)[nH]c12. The first-order valence-corrected chi connectivity index (χ1v) is 17.3. The molecule has 5 aromatic carbocycles. The van der Waals surface area contributed by atoms with Crippen molar-refractivity contribution in [2.24, 2.45) is 0 Å². The Morgan fingerprint density at radius 1 is 0.800 bits per heavy atom. The number of methoxy groups -OCH3 is 1. The summed E-state index contributed by atoms with van der Waals surface area (Å²) in [5, 5.41) is 16.0. The highest BCUT2D eigenvalue weighted by Gasteiger charge is 2.19. The minimum Gasteiger partial charge on any atom is -0.496 e. The molecule has 256 valence electrons. The Labute approximate surface area is 294 Å². The molecule has 50 heavy (non-hydrogen) atoms. The maximum absolute atomic E-state index is 12.3. The van der Waals surface area contributed by atoms with Gasteiger partial charge in [0.25, 0.3) is 0 Å². The van der Waals surface area contributed by atoms with Gasteiger partial charge in [0.2, 0.25) is 5.56 Å². The van der Waals surface area contributed by atoms with Gasteiger partial charge in [-0.15, -0.1) is 0 Å². The van der Waals surface area contributed by atoms with Gasteiger partial charge in [-0.3, -0.25) is 9.69 Å². The first-order chi connectivity index (χ1) is 24.5. The number of anilines is 2. The molecule has 1 unspecified atom stereocenters. The molecule has 3 N–H and O–H groups in total. The van der Waals surface area contributed by atoms with E-state index in [1.807, 2.05) is 60.7 Å². The van der Waals surface area contributed by atoms with Gasteiger partial charge in [0.1, 0.15) is 11.5 Å². The molecule has 7 heteroatoms. The number of ether oxygens (including phenoxy) is 2. The lowest BCUT2D eigenvalue weighted by molar-refractivity contribution is 0.110. The van der Waals surface area contributed by atoms with Crippen molar-refractivity contribution in [2.45, 2.75) is 38.8 Å². The number of benzene rings is 5. The van der Waals surface area contributed by atoms with Crippen LogP contribution in [0.25, 0.3) is 22.0 Å². The molecular formula is C43H45N3O4. The van der Waals surface area contributed by atoms with Gasteiger partial charge in [-0.2, -0.15) is 0 Å². The van der Waals surface area contributed by atoms with Crippen LogP contribution in [0.1, 0.15) is 42.6 Å². The second kappa shape index (κ2) is 16.8. The van der Waals surface area contributed by atoms with Gasteiger partial charge in [0, 0.05) is 48.0 Å². The summed E-state index contributed by atoms with van der Waals surface area (Å²) in [6.07, 6.45) is 1.99. The number of nitrogens with zero attached hydrogens (tertiary/aromatic N) is 1. The number of aliphatic hydroxyl groups excluding tert-OH is 1. The van der Waals surface area contributed by atoms with Gasteiger partial charge in [0.05, 0.1) is 25.3 Å². The largest absolute Gasteiger partial charge is 0.496 e. The predicted octanol–water partition coefficient (Wildman–Crippen LogP) is 8.90. The van der Waals surface area contributed by atoms with Crippen LogP contribution in [-0.4, -0.2) is 41.8 Å². The van der Waals surface area contributed by atoms with Crippen LogP contribution in [0.5, 0.6) is 11.5 Å². The number of unbranched alkanes of at least 4 members (excludes halogenated alkanes) is 1. The van der Waals surface area contributed by atoms with Crippen LogP contribution in [0.15, 0.2) is 132 Å². The zero-order valence-corrected chi connectivity index (χ0v) is 28.8. The zero-order chi connectivity index (χ0) is 34.7. The van der Waals surface area contributed by atoms with E-state index in [0.29, 0.717) is 31.0 Å². The predicted molar refractivity (Wildman–Crippen MR) is 204 cm³/mol. The van der Waals surface area contributed by atoms with E-state index in [2.05, 4.69) is 76.7 Å². The number of nitrogens with one attached hydrogen (secondary N) is 2. The topological polar surface area (TPSA) is 86.8 Å². The smallest absolute Gasteiger partial charge is 0.248 e. The number of pyridine rings is 1. The van der Waals surface area contributed by atoms with Crippen LogP contribution in [0.4, 0.5) is 11.4 Å². The van der Waals surface area contributed by atoms with Gasteiger partial charge < -0.3 is 24.9 Å². The molecule has 0 radical (unpaired) electrons. The molecule has 6 aromatic rings. The molecule has 1 heterocycles. The molecule has 0 aliphatic rings. The van der Waals surface area contributed by atoms with Crippen LogP contribution in [0.3, 0.4) is 0 Å². The van der Waals surface area contributed by atoms with Gasteiger partial charge >= 0.3 is 0 Å². The Bertz CT molecular complexity index is 2030. The number of hydrogen-bond donors (Lipinski definition) is 3. The van der Waals surface area contributed by atoms with E-state index in [0.717, 1.165) is 65.0 Å². The Morgan fingerprint density at radius 3 is 2.26 bits per heavy atom. The van der Waals surface area contributed by atoms with Crippen LogP contribution < -0.4 is 20.3 Å². The Balaban J connectivity index is 1.16. The molecule has 0 saturated heterocycles. The number of aromatic nitrogens is 1. The molecule has 0 amide bonds. The molecule has 0 fully saturated rings. The number of rotatable bonds is 16. The zero-order valence-electron chi connectivity index (χ0n) is 28.8. The average Bonchev–Trinajstić information content (AvgIpc) is 3.15. The fraction of sp³-hybridized carbons (Fsp3) is 0.233. The maximum atomic E-state index is 12.3. The highest BCUT2D eigenvalue weighted by atomic mass is 16.5. The highest BCUT2D eigenvalue weighted by molar-refractivity contribution is 5.87. The van der Waals surface area contributed by atoms with Crippen LogP contribution in [-0.2, 0) is 13.0 Å². The van der Waals surface area contributed by atoms with Crippen molar-refractivity contribution < 1.29 is 14.6 Å². The number of H-pyrrole nitrogens is 1. The molecule has 1 aromatic heterocycles. The van der Waals surface area contributed by atoms with E-state index < -0.39 is 6.10 Å². The molecule has 0 saturated carbocycles. The van der Waals surface area contributed by atoms with Crippen LogP contribution >= 0.6 is 0 Å². The van der Waals surface area contributed by atoms with Crippen LogP contribution in [0.2, 0.25) is 0 Å². The highest BCUT2D eigenvalue weighted by Crippen LogP contribution is 2.34. The van der Waals surface area contributed by atoms with Crippen molar-refractivity contribution in [3.63, 3.8) is 0 Å². The van der Waals surface area contributed by atoms with Crippen molar-refractivity contribution in [1.82, 2.24) is 9.88 Å². The second-order valence-electron chi connectivity index (χ2n) is 12.6. The van der Waals surface area contributed by atoms with Crippen molar-refractivity contribution in [2.75, 3.05) is 32.1 Å². The van der Waals surface area contributed by atoms with E-state index in [4.69, 9.17) is 9.47 Å². The Kier molecular flexibility index (Phi) is 11.6. The van der Waals surface area contributed by atoms with E-state index in [1.165, 1.54) is 17.2 Å². The molecule has 0 spiro atoms. The summed E-state index contributed by atoms with van der Waals surface area (Å²) in [6, 6.07) is 42.3.